The van der Waals surface area contributed by atoms with E-state index in [1.54, 1.807) is 0 Å². The molecule has 0 saturated heterocycles. The number of carbonyl (C=O) groups is 1. The molecule has 2 aliphatic carbocycles. The number of amides is 1. The SMILES string of the molecule is CC1(C)CCCc2sc(NC(=O)OCC3c4ccccc4-c4ccccc43)c(C#N)c21. The van der Waals surface area contributed by atoms with Gasteiger partial charge in [0.15, 0.2) is 0 Å². The highest BCUT2D eigenvalue weighted by Crippen LogP contribution is 2.47. The van der Waals surface area contributed by atoms with Crippen molar-refractivity contribution in [3.05, 3.63) is 75.7 Å². The summed E-state index contributed by atoms with van der Waals surface area (Å²) in [5, 5.41) is 13.3. The lowest BCUT2D eigenvalue weighted by molar-refractivity contribution is 0.158. The lowest BCUT2D eigenvalue weighted by Crippen LogP contribution is -2.23. The molecule has 2 aromatic carbocycles. The van der Waals surface area contributed by atoms with Crippen molar-refractivity contribution in [2.75, 3.05) is 11.9 Å². The summed E-state index contributed by atoms with van der Waals surface area (Å²) in [6, 6.07) is 18.9. The molecule has 0 spiro atoms. The molecule has 2 aliphatic rings. The number of anilines is 1. The van der Waals surface area contributed by atoms with Crippen LogP contribution in [0, 0.1) is 11.3 Å². The minimum atomic E-state index is -0.505. The van der Waals surface area contributed by atoms with E-state index in [9.17, 15) is 10.1 Å². The first-order valence-corrected chi connectivity index (χ1v) is 11.5. The monoisotopic (exact) mass is 428 g/mol. The number of aryl methyl sites for hydroxylation is 1. The second-order valence-electron chi connectivity index (χ2n) is 8.90. The van der Waals surface area contributed by atoms with Crippen LogP contribution in [0.3, 0.4) is 0 Å². The smallest absolute Gasteiger partial charge is 0.412 e. The standard InChI is InChI=1S/C26H24N2O2S/c1-26(2)13-7-12-22-23(26)20(14-27)24(31-22)28-25(29)30-15-21-18-10-5-3-8-16(18)17-9-4-6-11-19(17)21/h3-6,8-11,21H,7,12-13,15H2,1-2H3,(H,28,29). The minimum absolute atomic E-state index is 0.0176. The second-order valence-corrected chi connectivity index (χ2v) is 10.0. The van der Waals surface area contributed by atoms with Gasteiger partial charge in [0.2, 0.25) is 0 Å². The average molecular weight is 429 g/mol. The average Bonchev–Trinajstić information content (AvgIpc) is 3.28. The number of fused-ring (bicyclic) bond motifs is 4. The summed E-state index contributed by atoms with van der Waals surface area (Å²) < 4.78 is 5.67. The van der Waals surface area contributed by atoms with Crippen molar-refractivity contribution in [2.24, 2.45) is 0 Å². The molecule has 1 amide bonds. The Morgan fingerprint density at radius 2 is 1.81 bits per heavy atom. The molecule has 5 rings (SSSR count). The number of rotatable bonds is 3. The third-order valence-corrected chi connectivity index (χ3v) is 7.70. The molecule has 31 heavy (non-hydrogen) atoms. The summed E-state index contributed by atoms with van der Waals surface area (Å²) in [6.45, 7) is 4.61. The number of benzene rings is 2. The molecule has 3 aromatic rings. The Morgan fingerprint density at radius 1 is 1.16 bits per heavy atom. The number of nitriles is 1. The Labute approximate surface area is 186 Å². The first kappa shape index (κ1) is 19.8. The maximum atomic E-state index is 12.7. The number of hydrogen-bond donors (Lipinski definition) is 1. The van der Waals surface area contributed by atoms with Crippen LogP contribution < -0.4 is 5.32 Å². The predicted octanol–water partition coefficient (Wildman–Crippen LogP) is 6.59. The largest absolute Gasteiger partial charge is 0.448 e. The van der Waals surface area contributed by atoms with E-state index in [0.29, 0.717) is 10.6 Å². The summed E-state index contributed by atoms with van der Waals surface area (Å²) in [7, 11) is 0. The lowest BCUT2D eigenvalue weighted by atomic mass is 9.74. The first-order valence-electron chi connectivity index (χ1n) is 10.7. The van der Waals surface area contributed by atoms with Crippen LogP contribution in [0.1, 0.15) is 59.7 Å². The lowest BCUT2D eigenvalue weighted by Gasteiger charge is -2.30. The van der Waals surface area contributed by atoms with Crippen molar-refractivity contribution in [1.82, 2.24) is 0 Å². The van der Waals surface area contributed by atoms with Gasteiger partial charge in [-0.2, -0.15) is 5.26 Å². The van der Waals surface area contributed by atoms with Gasteiger partial charge in [-0.1, -0.05) is 62.4 Å². The Balaban J connectivity index is 1.35. The maximum Gasteiger partial charge on any atom is 0.412 e. The van der Waals surface area contributed by atoms with Gasteiger partial charge in [-0.05, 0) is 52.5 Å². The number of ether oxygens (including phenoxy) is 1. The van der Waals surface area contributed by atoms with E-state index < -0.39 is 6.09 Å². The van der Waals surface area contributed by atoms with Gasteiger partial charge in [0, 0.05) is 10.8 Å². The van der Waals surface area contributed by atoms with E-state index >= 15 is 0 Å². The van der Waals surface area contributed by atoms with Crippen molar-refractivity contribution in [1.29, 1.82) is 5.26 Å². The number of nitrogens with one attached hydrogen (secondary N) is 1. The molecule has 0 atom stereocenters. The predicted molar refractivity (Wildman–Crippen MR) is 124 cm³/mol. The third kappa shape index (κ3) is 3.32. The summed E-state index contributed by atoms with van der Waals surface area (Å²) in [4.78, 5) is 13.9. The molecule has 156 valence electrons. The molecule has 5 heteroatoms. The molecule has 0 aliphatic heterocycles. The van der Waals surface area contributed by atoms with Crippen LogP contribution >= 0.6 is 11.3 Å². The summed E-state index contributed by atoms with van der Waals surface area (Å²) in [5.41, 5.74) is 6.42. The fraction of sp³-hybridized carbons (Fsp3) is 0.308. The van der Waals surface area contributed by atoms with E-state index in [0.717, 1.165) is 24.8 Å². The Kier molecular flexibility index (Phi) is 4.83. The molecule has 1 N–H and O–H groups in total. The topological polar surface area (TPSA) is 62.1 Å². The van der Waals surface area contributed by atoms with E-state index in [1.165, 1.54) is 38.5 Å². The maximum absolute atomic E-state index is 12.7. The van der Waals surface area contributed by atoms with Crippen LogP contribution in [-0.2, 0) is 16.6 Å². The zero-order valence-corrected chi connectivity index (χ0v) is 18.5. The fourth-order valence-electron chi connectivity index (χ4n) is 5.11. The number of thiophene rings is 1. The van der Waals surface area contributed by atoms with Gasteiger partial charge in [0.1, 0.15) is 17.7 Å². The van der Waals surface area contributed by atoms with E-state index in [-0.39, 0.29) is 17.9 Å². The van der Waals surface area contributed by atoms with Crippen molar-refractivity contribution in [2.45, 2.75) is 44.4 Å². The molecule has 0 bridgehead atoms. The third-order valence-electron chi connectivity index (χ3n) is 6.53. The fourth-order valence-corrected chi connectivity index (χ4v) is 6.47. The molecule has 1 heterocycles. The minimum Gasteiger partial charge on any atom is -0.448 e. The zero-order chi connectivity index (χ0) is 21.6. The molecule has 0 saturated carbocycles. The van der Waals surface area contributed by atoms with Gasteiger partial charge in [-0.15, -0.1) is 11.3 Å². The molecule has 0 fully saturated rings. The van der Waals surface area contributed by atoms with Gasteiger partial charge < -0.3 is 4.74 Å². The van der Waals surface area contributed by atoms with Crippen molar-refractivity contribution in [3.8, 4) is 17.2 Å². The zero-order valence-electron chi connectivity index (χ0n) is 17.7. The van der Waals surface area contributed by atoms with Crippen LogP contribution in [0.2, 0.25) is 0 Å². The van der Waals surface area contributed by atoms with Crippen molar-refractivity contribution < 1.29 is 9.53 Å². The molecular weight excluding hydrogens is 404 g/mol. The molecular formula is C26H24N2O2S. The van der Waals surface area contributed by atoms with Crippen LogP contribution in [0.5, 0.6) is 0 Å². The van der Waals surface area contributed by atoms with Crippen molar-refractivity contribution in [3.63, 3.8) is 0 Å². The van der Waals surface area contributed by atoms with Gasteiger partial charge in [0.25, 0.3) is 0 Å². The van der Waals surface area contributed by atoms with Gasteiger partial charge in [0.05, 0.1) is 5.56 Å². The van der Waals surface area contributed by atoms with Crippen LogP contribution in [0.15, 0.2) is 48.5 Å². The number of nitrogens with zero attached hydrogens (tertiary/aromatic N) is 1. The summed E-state index contributed by atoms with van der Waals surface area (Å²) in [5.74, 6) is 0.0176. The van der Waals surface area contributed by atoms with E-state index in [4.69, 9.17) is 4.74 Å². The van der Waals surface area contributed by atoms with Crippen molar-refractivity contribution >= 4 is 22.4 Å². The Hall–Kier alpha value is -3.10. The highest BCUT2D eigenvalue weighted by atomic mass is 32.1. The summed E-state index contributed by atoms with van der Waals surface area (Å²) in [6.07, 6.45) is 2.62. The molecule has 0 radical (unpaired) electrons. The second kappa shape index (κ2) is 7.55. The van der Waals surface area contributed by atoms with Crippen LogP contribution in [0.4, 0.5) is 9.80 Å². The van der Waals surface area contributed by atoms with Gasteiger partial charge >= 0.3 is 6.09 Å². The van der Waals surface area contributed by atoms with E-state index in [2.05, 4.69) is 49.5 Å². The van der Waals surface area contributed by atoms with Crippen LogP contribution in [-0.4, -0.2) is 12.7 Å². The molecule has 0 unspecified atom stereocenters. The normalized spacial score (nSPS) is 16.0. The summed E-state index contributed by atoms with van der Waals surface area (Å²) >= 11 is 1.52. The molecule has 1 aromatic heterocycles. The highest BCUT2D eigenvalue weighted by Gasteiger charge is 2.34. The van der Waals surface area contributed by atoms with E-state index in [1.807, 2.05) is 24.3 Å². The number of hydrogen-bond acceptors (Lipinski definition) is 4. The van der Waals surface area contributed by atoms with Gasteiger partial charge in [-0.3, -0.25) is 5.32 Å². The highest BCUT2D eigenvalue weighted by molar-refractivity contribution is 7.16. The number of carbonyl (C=O) groups excluding carboxylic acids is 1. The van der Waals surface area contributed by atoms with Gasteiger partial charge in [-0.25, -0.2) is 4.79 Å². The van der Waals surface area contributed by atoms with Crippen LogP contribution in [0.25, 0.3) is 11.1 Å². The molecule has 4 nitrogen and oxygen atoms in total. The quantitative estimate of drug-likeness (QED) is 0.511. The Bertz CT molecular complexity index is 1170. The first-order chi connectivity index (χ1) is 15.0. The Morgan fingerprint density at radius 3 is 2.45 bits per heavy atom.